The first kappa shape index (κ1) is 15.9. The normalized spacial score (nSPS) is 13.1. The van der Waals surface area contributed by atoms with Gasteiger partial charge in [0.1, 0.15) is 5.60 Å². The highest BCUT2D eigenvalue weighted by Gasteiger charge is 2.24. The molecule has 0 aromatic heterocycles. The van der Waals surface area contributed by atoms with E-state index in [9.17, 15) is 9.59 Å². The summed E-state index contributed by atoms with van der Waals surface area (Å²) in [6.07, 6.45) is -0.0768. The van der Waals surface area contributed by atoms with Gasteiger partial charge in [0.25, 0.3) is 0 Å². The maximum atomic E-state index is 11.8. The van der Waals surface area contributed by atoms with E-state index in [0.717, 1.165) is 0 Å². The summed E-state index contributed by atoms with van der Waals surface area (Å²) in [4.78, 5) is 24.9. The summed E-state index contributed by atoms with van der Waals surface area (Å²) in [7, 11) is 0. The molecule has 0 bridgehead atoms. The molecule has 0 fully saturated rings. The largest absolute Gasteiger partial charge is 0.460 e. The lowest BCUT2D eigenvalue weighted by Gasteiger charge is -2.24. The summed E-state index contributed by atoms with van der Waals surface area (Å²) in [6.45, 7) is 10.3. The standard InChI is InChI=1S/C12H24N2O3/c1-6-14(7-2)11(16)9(13)8-10(15)17-12(3,4)5/h9H,6-8,13H2,1-5H3. The molecular weight excluding hydrogens is 220 g/mol. The topological polar surface area (TPSA) is 72.6 Å². The Balaban J connectivity index is 4.30. The van der Waals surface area contributed by atoms with Crippen LogP contribution in [0.3, 0.4) is 0 Å². The van der Waals surface area contributed by atoms with Crippen LogP contribution in [0.15, 0.2) is 0 Å². The Bertz CT molecular complexity index is 267. The number of rotatable bonds is 5. The van der Waals surface area contributed by atoms with E-state index < -0.39 is 17.6 Å². The molecular formula is C12H24N2O3. The Morgan fingerprint density at radius 3 is 2.06 bits per heavy atom. The van der Waals surface area contributed by atoms with Crippen LogP contribution in [0.4, 0.5) is 0 Å². The van der Waals surface area contributed by atoms with Gasteiger partial charge in [0.15, 0.2) is 0 Å². The lowest BCUT2D eigenvalue weighted by molar-refractivity contribution is -0.156. The van der Waals surface area contributed by atoms with Gasteiger partial charge < -0.3 is 15.4 Å². The lowest BCUT2D eigenvalue weighted by atomic mass is 10.1. The van der Waals surface area contributed by atoms with E-state index in [2.05, 4.69) is 0 Å². The molecule has 0 saturated carbocycles. The van der Waals surface area contributed by atoms with E-state index in [1.165, 1.54) is 0 Å². The third kappa shape index (κ3) is 6.26. The minimum Gasteiger partial charge on any atom is -0.460 e. The van der Waals surface area contributed by atoms with Crippen LogP contribution in [-0.2, 0) is 14.3 Å². The number of nitrogens with two attached hydrogens (primary N) is 1. The second-order valence-corrected chi connectivity index (χ2v) is 4.91. The molecule has 0 spiro atoms. The number of amides is 1. The van der Waals surface area contributed by atoms with Gasteiger partial charge in [0.2, 0.25) is 5.91 Å². The predicted octanol–water partition coefficient (Wildman–Crippen LogP) is 0.914. The fourth-order valence-corrected chi connectivity index (χ4v) is 1.42. The molecule has 0 rings (SSSR count). The molecule has 1 atom stereocenters. The fraction of sp³-hybridized carbons (Fsp3) is 0.833. The SMILES string of the molecule is CCN(CC)C(=O)C(N)CC(=O)OC(C)(C)C. The maximum Gasteiger partial charge on any atom is 0.308 e. The summed E-state index contributed by atoms with van der Waals surface area (Å²) in [5.41, 5.74) is 5.15. The molecule has 0 aromatic carbocycles. The number of nitrogens with zero attached hydrogens (tertiary/aromatic N) is 1. The first-order chi connectivity index (χ1) is 7.71. The summed E-state index contributed by atoms with van der Waals surface area (Å²) >= 11 is 0. The van der Waals surface area contributed by atoms with E-state index in [0.29, 0.717) is 13.1 Å². The molecule has 0 aliphatic carbocycles. The van der Waals surface area contributed by atoms with Crippen LogP contribution in [0.25, 0.3) is 0 Å². The number of likely N-dealkylation sites (N-methyl/N-ethyl adjacent to an activating group) is 1. The Hall–Kier alpha value is -1.10. The van der Waals surface area contributed by atoms with Crippen LogP contribution in [0.5, 0.6) is 0 Å². The number of carbonyl (C=O) groups excluding carboxylic acids is 2. The first-order valence-electron chi connectivity index (χ1n) is 5.97. The smallest absolute Gasteiger partial charge is 0.308 e. The average Bonchev–Trinajstić information content (AvgIpc) is 2.16. The Morgan fingerprint density at radius 2 is 1.71 bits per heavy atom. The molecule has 5 nitrogen and oxygen atoms in total. The van der Waals surface area contributed by atoms with Crippen molar-refractivity contribution in [2.45, 2.75) is 52.7 Å². The molecule has 0 saturated heterocycles. The van der Waals surface area contributed by atoms with Gasteiger partial charge in [-0.1, -0.05) is 0 Å². The molecule has 100 valence electrons. The van der Waals surface area contributed by atoms with Crippen molar-refractivity contribution in [3.63, 3.8) is 0 Å². The number of esters is 1. The molecule has 1 amide bonds. The second-order valence-electron chi connectivity index (χ2n) is 4.91. The fourth-order valence-electron chi connectivity index (χ4n) is 1.42. The van der Waals surface area contributed by atoms with Crippen LogP contribution in [0.1, 0.15) is 41.0 Å². The lowest BCUT2D eigenvalue weighted by Crippen LogP contribution is -2.45. The van der Waals surface area contributed by atoms with Crippen LogP contribution in [0.2, 0.25) is 0 Å². The van der Waals surface area contributed by atoms with Crippen molar-refractivity contribution in [1.29, 1.82) is 0 Å². The van der Waals surface area contributed by atoms with Crippen molar-refractivity contribution < 1.29 is 14.3 Å². The van der Waals surface area contributed by atoms with Crippen molar-refractivity contribution in [1.82, 2.24) is 4.90 Å². The molecule has 2 N–H and O–H groups in total. The molecule has 0 heterocycles. The van der Waals surface area contributed by atoms with E-state index in [1.807, 2.05) is 13.8 Å². The van der Waals surface area contributed by atoms with E-state index in [-0.39, 0.29) is 12.3 Å². The van der Waals surface area contributed by atoms with Gasteiger partial charge >= 0.3 is 5.97 Å². The van der Waals surface area contributed by atoms with Gasteiger partial charge in [-0.25, -0.2) is 0 Å². The predicted molar refractivity (Wildman–Crippen MR) is 66.4 cm³/mol. The van der Waals surface area contributed by atoms with Gasteiger partial charge in [0.05, 0.1) is 12.5 Å². The highest BCUT2D eigenvalue weighted by Crippen LogP contribution is 2.09. The second kappa shape index (κ2) is 6.59. The molecule has 0 aliphatic rings. The van der Waals surface area contributed by atoms with E-state index >= 15 is 0 Å². The molecule has 17 heavy (non-hydrogen) atoms. The quantitative estimate of drug-likeness (QED) is 0.730. The molecule has 0 aliphatic heterocycles. The minimum atomic E-state index is -0.815. The minimum absolute atomic E-state index is 0.0768. The molecule has 1 unspecified atom stereocenters. The summed E-state index contributed by atoms with van der Waals surface area (Å²) in [5, 5.41) is 0. The number of hydrogen-bond donors (Lipinski definition) is 1. The van der Waals surface area contributed by atoms with Crippen molar-refractivity contribution >= 4 is 11.9 Å². The third-order valence-corrected chi connectivity index (χ3v) is 2.20. The van der Waals surface area contributed by atoms with Crippen molar-refractivity contribution in [2.24, 2.45) is 5.73 Å². The van der Waals surface area contributed by atoms with Gasteiger partial charge in [-0.3, -0.25) is 9.59 Å². The number of ether oxygens (including phenoxy) is 1. The monoisotopic (exact) mass is 244 g/mol. The van der Waals surface area contributed by atoms with Crippen LogP contribution in [-0.4, -0.2) is 41.5 Å². The maximum absolute atomic E-state index is 11.8. The van der Waals surface area contributed by atoms with Gasteiger partial charge in [-0.2, -0.15) is 0 Å². The van der Waals surface area contributed by atoms with Crippen LogP contribution in [0, 0.1) is 0 Å². The van der Waals surface area contributed by atoms with E-state index in [1.54, 1.807) is 25.7 Å². The Kier molecular flexibility index (Phi) is 6.16. The zero-order valence-corrected chi connectivity index (χ0v) is 11.4. The molecule has 5 heteroatoms. The molecule has 0 radical (unpaired) electrons. The van der Waals surface area contributed by atoms with E-state index in [4.69, 9.17) is 10.5 Å². The van der Waals surface area contributed by atoms with Crippen LogP contribution < -0.4 is 5.73 Å². The van der Waals surface area contributed by atoms with Gasteiger partial charge in [-0.15, -0.1) is 0 Å². The van der Waals surface area contributed by atoms with Crippen molar-refractivity contribution in [3.05, 3.63) is 0 Å². The third-order valence-electron chi connectivity index (χ3n) is 2.20. The zero-order valence-electron chi connectivity index (χ0n) is 11.4. The summed E-state index contributed by atoms with van der Waals surface area (Å²) in [6, 6.07) is -0.815. The first-order valence-corrected chi connectivity index (χ1v) is 5.97. The number of hydrogen-bond acceptors (Lipinski definition) is 4. The zero-order chi connectivity index (χ0) is 13.6. The van der Waals surface area contributed by atoms with Crippen molar-refractivity contribution in [2.75, 3.05) is 13.1 Å². The Morgan fingerprint density at radius 1 is 1.24 bits per heavy atom. The summed E-state index contributed by atoms with van der Waals surface area (Å²) < 4.78 is 5.12. The number of carbonyl (C=O) groups is 2. The van der Waals surface area contributed by atoms with Gasteiger partial charge in [0, 0.05) is 13.1 Å². The van der Waals surface area contributed by atoms with Gasteiger partial charge in [-0.05, 0) is 34.6 Å². The molecule has 0 aromatic rings. The highest BCUT2D eigenvalue weighted by atomic mass is 16.6. The van der Waals surface area contributed by atoms with Crippen LogP contribution >= 0.6 is 0 Å². The van der Waals surface area contributed by atoms with Crippen molar-refractivity contribution in [3.8, 4) is 0 Å². The Labute approximate surface area is 103 Å². The highest BCUT2D eigenvalue weighted by molar-refractivity contribution is 5.86. The summed E-state index contributed by atoms with van der Waals surface area (Å²) in [5.74, 6) is -0.647. The average molecular weight is 244 g/mol.